The summed E-state index contributed by atoms with van der Waals surface area (Å²) in [5, 5.41) is 19.1. The van der Waals surface area contributed by atoms with Crippen LogP contribution in [-0.4, -0.2) is 29.3 Å². The summed E-state index contributed by atoms with van der Waals surface area (Å²) in [4.78, 5) is 11.7. The molecule has 26 heavy (non-hydrogen) atoms. The van der Waals surface area contributed by atoms with Crippen molar-refractivity contribution in [3.8, 4) is 22.4 Å². The van der Waals surface area contributed by atoms with Gasteiger partial charge in [0.05, 0.1) is 4.90 Å². The Morgan fingerprint density at radius 2 is 1.58 bits per heavy atom. The topological polar surface area (TPSA) is 115 Å². The number of aromatic carboxylic acids is 1. The fraction of sp³-hybridized carbons (Fsp3) is 0.111. The number of aryl methyl sites for hydroxylation is 2. The quantitative estimate of drug-likeness (QED) is 0.731. The summed E-state index contributed by atoms with van der Waals surface area (Å²) in [5.74, 6) is -1.09. The molecule has 1 heterocycles. The average molecular weight is 371 g/mol. The van der Waals surface area contributed by atoms with E-state index >= 15 is 0 Å². The summed E-state index contributed by atoms with van der Waals surface area (Å²) >= 11 is 0. The molecular formula is C18H17N3O4S. The van der Waals surface area contributed by atoms with Gasteiger partial charge in [0.2, 0.25) is 10.0 Å². The van der Waals surface area contributed by atoms with Gasteiger partial charge in [0.1, 0.15) is 5.69 Å². The molecule has 3 N–H and O–H groups in total. The van der Waals surface area contributed by atoms with Gasteiger partial charge >= 0.3 is 5.97 Å². The Morgan fingerprint density at radius 3 is 2.08 bits per heavy atom. The molecule has 3 aromatic rings. The number of rotatable bonds is 4. The van der Waals surface area contributed by atoms with Crippen LogP contribution in [0.4, 0.5) is 0 Å². The van der Waals surface area contributed by atoms with Gasteiger partial charge < -0.3 is 5.11 Å². The Labute approximate surface area is 150 Å². The molecule has 134 valence electrons. The Kier molecular flexibility index (Phi) is 4.39. The molecule has 7 nitrogen and oxygen atoms in total. The van der Waals surface area contributed by atoms with Gasteiger partial charge in [-0.25, -0.2) is 18.4 Å². The molecule has 1 aromatic heterocycles. The van der Waals surface area contributed by atoms with E-state index in [4.69, 9.17) is 5.14 Å². The predicted molar refractivity (Wildman–Crippen MR) is 97.1 cm³/mol. The van der Waals surface area contributed by atoms with Crippen LogP contribution in [0.2, 0.25) is 0 Å². The number of sulfonamides is 1. The van der Waals surface area contributed by atoms with Crippen LogP contribution in [0.25, 0.3) is 22.4 Å². The second-order valence-corrected chi connectivity index (χ2v) is 7.50. The molecule has 0 spiro atoms. The minimum Gasteiger partial charge on any atom is -0.477 e. The van der Waals surface area contributed by atoms with Crippen LogP contribution in [0.3, 0.4) is 0 Å². The molecule has 0 fully saturated rings. The number of hydrogen-bond acceptors (Lipinski definition) is 4. The van der Waals surface area contributed by atoms with Gasteiger partial charge in [-0.15, -0.1) is 0 Å². The largest absolute Gasteiger partial charge is 0.477 e. The average Bonchev–Trinajstić information content (AvgIpc) is 2.92. The van der Waals surface area contributed by atoms with Crippen molar-refractivity contribution >= 4 is 16.0 Å². The molecule has 0 amide bonds. The van der Waals surface area contributed by atoms with E-state index in [0.29, 0.717) is 22.4 Å². The van der Waals surface area contributed by atoms with Crippen molar-refractivity contribution < 1.29 is 18.3 Å². The summed E-state index contributed by atoms with van der Waals surface area (Å²) < 4.78 is 24.2. The summed E-state index contributed by atoms with van der Waals surface area (Å²) in [5.41, 5.74) is 3.34. The van der Waals surface area contributed by atoms with Crippen LogP contribution >= 0.6 is 0 Å². The molecule has 0 atom stereocenters. The lowest BCUT2D eigenvalue weighted by Gasteiger charge is -2.06. The summed E-state index contributed by atoms with van der Waals surface area (Å²) in [6, 6.07) is 13.3. The SMILES string of the molecule is Cc1ccc(-c2c(-c3ccc(S(N)(=O)=O)cc3)nn(C)c2C(=O)O)cc1. The fourth-order valence-electron chi connectivity index (χ4n) is 2.77. The molecule has 0 bridgehead atoms. The first-order valence-electron chi connectivity index (χ1n) is 7.69. The third kappa shape index (κ3) is 3.24. The number of benzene rings is 2. The van der Waals surface area contributed by atoms with Crippen molar-refractivity contribution in [3.63, 3.8) is 0 Å². The lowest BCUT2D eigenvalue weighted by Crippen LogP contribution is -2.11. The third-order valence-electron chi connectivity index (χ3n) is 4.05. The molecule has 8 heteroatoms. The van der Waals surface area contributed by atoms with E-state index in [0.717, 1.165) is 5.56 Å². The normalized spacial score (nSPS) is 11.5. The van der Waals surface area contributed by atoms with E-state index in [1.165, 1.54) is 16.8 Å². The number of carboxylic acid groups (broad SMARTS) is 1. The molecule has 0 saturated heterocycles. The zero-order valence-corrected chi connectivity index (χ0v) is 15.0. The Morgan fingerprint density at radius 1 is 1.04 bits per heavy atom. The number of carboxylic acids is 1. The Hall–Kier alpha value is -2.97. The molecule has 0 aliphatic rings. The predicted octanol–water partition coefficient (Wildman–Crippen LogP) is 2.41. The number of primary sulfonamides is 1. The number of carbonyl (C=O) groups is 1. The number of hydrogen-bond donors (Lipinski definition) is 2. The van der Waals surface area contributed by atoms with Crippen LogP contribution < -0.4 is 5.14 Å². The zero-order chi connectivity index (χ0) is 19.1. The maximum atomic E-state index is 11.8. The molecule has 0 aliphatic carbocycles. The molecule has 0 aliphatic heterocycles. The molecule has 3 rings (SSSR count). The van der Waals surface area contributed by atoms with Gasteiger partial charge in [-0.3, -0.25) is 4.68 Å². The maximum absolute atomic E-state index is 11.8. The minimum absolute atomic E-state index is 0.0208. The molecule has 0 saturated carbocycles. The van der Waals surface area contributed by atoms with Crippen molar-refractivity contribution in [1.82, 2.24) is 9.78 Å². The zero-order valence-electron chi connectivity index (χ0n) is 14.2. The van der Waals surface area contributed by atoms with Crippen LogP contribution in [0, 0.1) is 6.92 Å². The molecule has 2 aromatic carbocycles. The highest BCUT2D eigenvalue weighted by Gasteiger charge is 2.24. The second kappa shape index (κ2) is 6.40. The third-order valence-corrected chi connectivity index (χ3v) is 4.98. The first-order chi connectivity index (χ1) is 12.2. The van der Waals surface area contributed by atoms with Gasteiger partial charge in [0, 0.05) is 18.2 Å². The standard InChI is InChI=1S/C18H17N3O4S/c1-11-3-5-12(6-4-11)15-16(20-21(2)17(15)18(22)23)13-7-9-14(10-8-13)26(19,24)25/h3-10H,1-2H3,(H,22,23)(H2,19,24,25). The van der Waals surface area contributed by atoms with Gasteiger partial charge in [0.25, 0.3) is 0 Å². The second-order valence-electron chi connectivity index (χ2n) is 5.94. The number of nitrogens with zero attached hydrogens (tertiary/aromatic N) is 2. The van der Waals surface area contributed by atoms with E-state index in [9.17, 15) is 18.3 Å². The first-order valence-corrected chi connectivity index (χ1v) is 9.23. The smallest absolute Gasteiger partial charge is 0.354 e. The highest BCUT2D eigenvalue weighted by atomic mass is 32.2. The summed E-state index contributed by atoms with van der Waals surface area (Å²) in [6.45, 7) is 1.94. The number of aromatic nitrogens is 2. The summed E-state index contributed by atoms with van der Waals surface area (Å²) in [7, 11) is -2.25. The molecule has 0 radical (unpaired) electrons. The first kappa shape index (κ1) is 17.8. The van der Waals surface area contributed by atoms with E-state index in [1.54, 1.807) is 19.2 Å². The fourth-order valence-corrected chi connectivity index (χ4v) is 3.28. The van der Waals surface area contributed by atoms with Crippen molar-refractivity contribution in [2.45, 2.75) is 11.8 Å². The van der Waals surface area contributed by atoms with Crippen molar-refractivity contribution in [2.75, 3.05) is 0 Å². The van der Waals surface area contributed by atoms with E-state index < -0.39 is 16.0 Å². The van der Waals surface area contributed by atoms with Crippen molar-refractivity contribution in [1.29, 1.82) is 0 Å². The monoisotopic (exact) mass is 371 g/mol. The van der Waals surface area contributed by atoms with Crippen molar-refractivity contribution in [3.05, 3.63) is 59.8 Å². The molecule has 0 unspecified atom stereocenters. The van der Waals surface area contributed by atoms with Crippen molar-refractivity contribution in [2.24, 2.45) is 12.2 Å². The van der Waals surface area contributed by atoms with Crippen LogP contribution in [-0.2, 0) is 17.1 Å². The molecular weight excluding hydrogens is 354 g/mol. The summed E-state index contributed by atoms with van der Waals surface area (Å²) in [6.07, 6.45) is 0. The maximum Gasteiger partial charge on any atom is 0.354 e. The lowest BCUT2D eigenvalue weighted by atomic mass is 9.98. The Balaban J connectivity index is 2.23. The lowest BCUT2D eigenvalue weighted by molar-refractivity contribution is 0.0686. The van der Waals surface area contributed by atoms with Crippen LogP contribution in [0.15, 0.2) is 53.4 Å². The highest BCUT2D eigenvalue weighted by Crippen LogP contribution is 2.34. The Bertz CT molecular complexity index is 1080. The number of nitrogens with two attached hydrogens (primary N) is 1. The van der Waals surface area contributed by atoms with Gasteiger partial charge in [0.15, 0.2) is 5.69 Å². The van der Waals surface area contributed by atoms with Gasteiger partial charge in [-0.05, 0) is 24.6 Å². The highest BCUT2D eigenvalue weighted by molar-refractivity contribution is 7.89. The van der Waals surface area contributed by atoms with Gasteiger partial charge in [-0.1, -0.05) is 42.0 Å². The van der Waals surface area contributed by atoms with E-state index in [2.05, 4.69) is 5.10 Å². The van der Waals surface area contributed by atoms with Gasteiger partial charge in [-0.2, -0.15) is 5.10 Å². The van der Waals surface area contributed by atoms with E-state index in [-0.39, 0.29) is 10.6 Å². The van der Waals surface area contributed by atoms with Crippen LogP contribution in [0.1, 0.15) is 16.1 Å². The van der Waals surface area contributed by atoms with Crippen LogP contribution in [0.5, 0.6) is 0 Å². The minimum atomic E-state index is -3.80. The van der Waals surface area contributed by atoms with E-state index in [1.807, 2.05) is 31.2 Å².